The topological polar surface area (TPSA) is 96.0 Å². The Morgan fingerprint density at radius 1 is 0.826 bits per heavy atom. The van der Waals surface area contributed by atoms with Crippen molar-refractivity contribution in [2.24, 2.45) is 0 Å². The molecule has 4 aromatic rings. The van der Waals surface area contributed by atoms with Gasteiger partial charge in [0.05, 0.1) is 17.2 Å². The Morgan fingerprint density at radius 2 is 1.41 bits per heavy atom. The number of para-hydroxylation sites is 2. The molecular weight excluding hydrogens is 622 g/mol. The maximum absolute atomic E-state index is 14.6. The van der Waals surface area contributed by atoms with E-state index >= 15 is 0 Å². The minimum Gasteiger partial charge on any atom is -0.492 e. The van der Waals surface area contributed by atoms with Gasteiger partial charge in [-0.1, -0.05) is 91.3 Å². The fraction of sp³-hybridized carbons (Fsp3) is 0.278. The molecular formula is C36H40ClN3O5S. The van der Waals surface area contributed by atoms with Crippen molar-refractivity contribution in [2.45, 2.75) is 57.1 Å². The molecule has 2 amide bonds. The molecule has 0 radical (unpaired) electrons. The summed E-state index contributed by atoms with van der Waals surface area (Å²) in [6.45, 7) is 5.47. The fourth-order valence-corrected chi connectivity index (χ4v) is 6.51. The largest absolute Gasteiger partial charge is 0.492 e. The number of sulfonamides is 1. The third-order valence-corrected chi connectivity index (χ3v) is 9.61. The Hall–Kier alpha value is -4.34. The molecule has 1 N–H and O–H groups in total. The quantitative estimate of drug-likeness (QED) is 0.157. The van der Waals surface area contributed by atoms with E-state index < -0.39 is 28.5 Å². The van der Waals surface area contributed by atoms with E-state index in [1.165, 1.54) is 29.2 Å². The van der Waals surface area contributed by atoms with Crippen LogP contribution in [-0.2, 0) is 32.6 Å². The number of hydrogen-bond acceptors (Lipinski definition) is 5. The van der Waals surface area contributed by atoms with Crippen molar-refractivity contribution in [3.63, 3.8) is 0 Å². The van der Waals surface area contributed by atoms with E-state index in [1.807, 2.05) is 74.5 Å². The van der Waals surface area contributed by atoms with Crippen molar-refractivity contribution in [1.82, 2.24) is 10.2 Å². The number of carbonyl (C=O) groups excluding carboxylic acids is 2. The van der Waals surface area contributed by atoms with Crippen LogP contribution in [0.15, 0.2) is 114 Å². The summed E-state index contributed by atoms with van der Waals surface area (Å²) < 4.78 is 35.4. The Labute approximate surface area is 277 Å². The molecule has 46 heavy (non-hydrogen) atoms. The van der Waals surface area contributed by atoms with Crippen molar-refractivity contribution < 1.29 is 22.7 Å². The molecule has 0 heterocycles. The molecule has 0 aliphatic carbocycles. The molecule has 2 atom stereocenters. The first-order valence-corrected chi connectivity index (χ1v) is 17.1. The van der Waals surface area contributed by atoms with Crippen molar-refractivity contribution in [3.8, 4) is 5.75 Å². The van der Waals surface area contributed by atoms with Crippen LogP contribution in [-0.4, -0.2) is 50.4 Å². The summed E-state index contributed by atoms with van der Waals surface area (Å²) >= 11 is 6.08. The van der Waals surface area contributed by atoms with Crippen LogP contribution in [0.3, 0.4) is 0 Å². The molecule has 0 bridgehead atoms. The number of nitrogens with one attached hydrogen (secondary N) is 1. The van der Waals surface area contributed by atoms with Gasteiger partial charge in [0.2, 0.25) is 11.8 Å². The predicted molar refractivity (Wildman–Crippen MR) is 182 cm³/mol. The van der Waals surface area contributed by atoms with Crippen LogP contribution in [0, 0.1) is 0 Å². The van der Waals surface area contributed by atoms with Crippen LogP contribution in [0.1, 0.15) is 38.3 Å². The summed E-state index contributed by atoms with van der Waals surface area (Å²) in [5, 5.41) is 3.42. The van der Waals surface area contributed by atoms with Gasteiger partial charge in [-0.05, 0) is 67.8 Å². The lowest BCUT2D eigenvalue weighted by Gasteiger charge is -2.34. The average Bonchev–Trinajstić information content (AvgIpc) is 3.06. The van der Waals surface area contributed by atoms with E-state index in [4.69, 9.17) is 16.3 Å². The Morgan fingerprint density at radius 3 is 2.02 bits per heavy atom. The minimum absolute atomic E-state index is 0.0408. The van der Waals surface area contributed by atoms with Gasteiger partial charge in [0.1, 0.15) is 18.3 Å². The summed E-state index contributed by atoms with van der Waals surface area (Å²) in [6.07, 6.45) is 0.943. The van der Waals surface area contributed by atoms with Crippen LogP contribution in [0.25, 0.3) is 0 Å². The highest BCUT2D eigenvalue weighted by Crippen LogP contribution is 2.33. The van der Waals surface area contributed by atoms with Crippen LogP contribution >= 0.6 is 11.6 Å². The molecule has 10 heteroatoms. The smallest absolute Gasteiger partial charge is 0.264 e. The van der Waals surface area contributed by atoms with Crippen molar-refractivity contribution in [3.05, 3.63) is 125 Å². The molecule has 0 aliphatic rings. The lowest BCUT2D eigenvalue weighted by molar-refractivity contribution is -0.140. The normalized spacial score (nSPS) is 12.5. The number of rotatable bonds is 15. The summed E-state index contributed by atoms with van der Waals surface area (Å²) in [4.78, 5) is 30.0. The maximum atomic E-state index is 14.6. The van der Waals surface area contributed by atoms with Crippen LogP contribution in [0.5, 0.6) is 5.75 Å². The molecule has 0 aliphatic heterocycles. The van der Waals surface area contributed by atoms with E-state index in [-0.39, 0.29) is 42.1 Å². The minimum atomic E-state index is -4.29. The third-order valence-electron chi connectivity index (χ3n) is 7.58. The number of carbonyl (C=O) groups is 2. The molecule has 4 rings (SSSR count). The molecule has 8 nitrogen and oxygen atoms in total. The van der Waals surface area contributed by atoms with Gasteiger partial charge in [-0.2, -0.15) is 0 Å². The van der Waals surface area contributed by atoms with E-state index in [9.17, 15) is 18.0 Å². The zero-order valence-corrected chi connectivity index (χ0v) is 27.9. The van der Waals surface area contributed by atoms with E-state index in [2.05, 4.69) is 5.32 Å². The first kappa shape index (κ1) is 34.5. The first-order chi connectivity index (χ1) is 22.1. The monoisotopic (exact) mass is 661 g/mol. The van der Waals surface area contributed by atoms with Crippen LogP contribution < -0.4 is 14.4 Å². The maximum Gasteiger partial charge on any atom is 0.264 e. The second kappa shape index (κ2) is 16.3. The molecule has 0 spiro atoms. The fourth-order valence-electron chi connectivity index (χ4n) is 4.96. The van der Waals surface area contributed by atoms with Gasteiger partial charge in [0, 0.05) is 24.0 Å². The third kappa shape index (κ3) is 8.89. The summed E-state index contributed by atoms with van der Waals surface area (Å²) in [7, 11) is -4.29. The molecule has 242 valence electrons. The average molecular weight is 662 g/mol. The van der Waals surface area contributed by atoms with Crippen molar-refractivity contribution in [2.75, 3.05) is 17.5 Å². The Kier molecular flexibility index (Phi) is 12.2. The molecule has 0 aromatic heterocycles. The summed E-state index contributed by atoms with van der Waals surface area (Å²) in [6, 6.07) is 30.2. The van der Waals surface area contributed by atoms with Crippen LogP contribution in [0.2, 0.25) is 5.02 Å². The van der Waals surface area contributed by atoms with Crippen molar-refractivity contribution >= 4 is 39.1 Å². The summed E-state index contributed by atoms with van der Waals surface area (Å²) in [5.41, 5.74) is 1.87. The van der Waals surface area contributed by atoms with E-state index in [1.54, 1.807) is 31.2 Å². The standard InChI is InChI=1S/C36H40ClN3O5S/c1-4-27(3)38-36(42)33(24-28-14-8-6-9-15-28)39(25-29-16-10-7-11-17-29)35(41)26-40(32-18-12-13-19-34(32)45-5-2)46(43,44)31-22-20-30(37)21-23-31/h6-23,27,33H,4-5,24-26H2,1-3H3,(H,38,42)/t27-,33-/m0/s1. The lowest BCUT2D eigenvalue weighted by atomic mass is 10.0. The van der Waals surface area contributed by atoms with Gasteiger partial charge in [0.15, 0.2) is 0 Å². The number of anilines is 1. The van der Waals surface area contributed by atoms with Gasteiger partial charge >= 0.3 is 0 Å². The molecule has 0 saturated heterocycles. The lowest BCUT2D eigenvalue weighted by Crippen LogP contribution is -2.54. The van der Waals surface area contributed by atoms with Gasteiger partial charge in [-0.25, -0.2) is 8.42 Å². The number of hydrogen-bond donors (Lipinski definition) is 1. The predicted octanol–water partition coefficient (Wildman–Crippen LogP) is 6.49. The highest BCUT2D eigenvalue weighted by molar-refractivity contribution is 7.92. The van der Waals surface area contributed by atoms with Gasteiger partial charge < -0.3 is 15.0 Å². The Bertz CT molecular complexity index is 1690. The molecule has 0 saturated carbocycles. The highest BCUT2D eigenvalue weighted by Gasteiger charge is 2.35. The van der Waals surface area contributed by atoms with Crippen LogP contribution in [0.4, 0.5) is 5.69 Å². The zero-order valence-electron chi connectivity index (χ0n) is 26.3. The molecule has 0 unspecified atom stereocenters. The number of benzene rings is 4. The number of nitrogens with zero attached hydrogens (tertiary/aromatic N) is 2. The highest BCUT2D eigenvalue weighted by atomic mass is 35.5. The van der Waals surface area contributed by atoms with E-state index in [0.717, 1.165) is 15.4 Å². The number of amides is 2. The van der Waals surface area contributed by atoms with Gasteiger partial charge in [0.25, 0.3) is 10.0 Å². The number of ether oxygens (including phenoxy) is 1. The second-order valence-corrected chi connectivity index (χ2v) is 13.2. The molecule has 0 fully saturated rings. The van der Waals surface area contributed by atoms with Crippen molar-refractivity contribution in [1.29, 1.82) is 0 Å². The molecule has 4 aromatic carbocycles. The Balaban J connectivity index is 1.83. The second-order valence-electron chi connectivity index (χ2n) is 10.9. The zero-order chi connectivity index (χ0) is 33.1. The van der Waals surface area contributed by atoms with E-state index in [0.29, 0.717) is 17.2 Å². The van der Waals surface area contributed by atoms with Gasteiger partial charge in [-0.15, -0.1) is 0 Å². The SMILES string of the molecule is CCOc1ccccc1N(CC(=O)N(Cc1ccccc1)[C@@H](Cc1ccccc1)C(=O)N[C@@H](C)CC)S(=O)(=O)c1ccc(Cl)cc1. The number of halogens is 1. The summed E-state index contributed by atoms with van der Waals surface area (Å²) in [5.74, 6) is -0.558. The van der Waals surface area contributed by atoms with Gasteiger partial charge in [-0.3, -0.25) is 13.9 Å². The first-order valence-electron chi connectivity index (χ1n) is 15.3.